The fourth-order valence-electron chi connectivity index (χ4n) is 2.62. The van der Waals surface area contributed by atoms with Gasteiger partial charge in [0.2, 0.25) is 5.75 Å². The molecule has 27 heavy (non-hydrogen) atoms. The van der Waals surface area contributed by atoms with Crippen molar-refractivity contribution in [3.63, 3.8) is 0 Å². The standard InChI is InChI=1S/C19H22N2O6/c1-10(12-8-15(25-3)17(27-5)16(9-12)26-4)21-18(22)14-7-6-13(19(23)24)11(2)20-14/h6-10H,1-5H3,(H,21,22)(H,23,24). The summed E-state index contributed by atoms with van der Waals surface area (Å²) in [5, 5.41) is 11.9. The maximum atomic E-state index is 12.5. The summed E-state index contributed by atoms with van der Waals surface area (Å²) in [6.07, 6.45) is 0. The van der Waals surface area contributed by atoms with Gasteiger partial charge in [0, 0.05) is 0 Å². The molecular formula is C19H22N2O6. The number of rotatable bonds is 7. The predicted molar refractivity (Wildman–Crippen MR) is 97.9 cm³/mol. The van der Waals surface area contributed by atoms with E-state index in [0.717, 1.165) is 5.56 Å². The average Bonchev–Trinajstić information content (AvgIpc) is 2.65. The van der Waals surface area contributed by atoms with Gasteiger partial charge < -0.3 is 24.6 Å². The highest BCUT2D eigenvalue weighted by Crippen LogP contribution is 2.39. The van der Waals surface area contributed by atoms with Crippen LogP contribution >= 0.6 is 0 Å². The van der Waals surface area contributed by atoms with E-state index in [-0.39, 0.29) is 23.0 Å². The zero-order chi connectivity index (χ0) is 20.1. The molecule has 1 aromatic carbocycles. The first-order chi connectivity index (χ1) is 12.8. The van der Waals surface area contributed by atoms with Crippen LogP contribution in [0.2, 0.25) is 0 Å². The number of aromatic nitrogens is 1. The lowest BCUT2D eigenvalue weighted by Gasteiger charge is -2.18. The Morgan fingerprint density at radius 2 is 1.67 bits per heavy atom. The van der Waals surface area contributed by atoms with E-state index in [9.17, 15) is 9.59 Å². The molecule has 0 saturated heterocycles. The number of ether oxygens (including phenoxy) is 3. The maximum Gasteiger partial charge on any atom is 0.337 e. The third-order valence-corrected chi connectivity index (χ3v) is 4.08. The van der Waals surface area contributed by atoms with E-state index >= 15 is 0 Å². The Morgan fingerprint density at radius 3 is 2.11 bits per heavy atom. The van der Waals surface area contributed by atoms with Crippen molar-refractivity contribution < 1.29 is 28.9 Å². The van der Waals surface area contributed by atoms with Gasteiger partial charge in [-0.05, 0) is 43.7 Å². The van der Waals surface area contributed by atoms with Crippen LogP contribution in [0, 0.1) is 6.92 Å². The van der Waals surface area contributed by atoms with Gasteiger partial charge in [-0.3, -0.25) is 4.79 Å². The number of carbonyl (C=O) groups excluding carboxylic acids is 1. The number of hydrogen-bond acceptors (Lipinski definition) is 6. The summed E-state index contributed by atoms with van der Waals surface area (Å²) in [6, 6.07) is 5.86. The summed E-state index contributed by atoms with van der Waals surface area (Å²) in [7, 11) is 4.54. The normalized spacial score (nSPS) is 11.4. The number of aryl methyl sites for hydroxylation is 1. The number of carboxylic acids is 1. The molecule has 8 nitrogen and oxygen atoms in total. The average molecular weight is 374 g/mol. The summed E-state index contributed by atoms with van der Waals surface area (Å²) < 4.78 is 15.9. The van der Waals surface area contributed by atoms with Crippen molar-refractivity contribution in [1.82, 2.24) is 10.3 Å². The molecule has 1 amide bonds. The van der Waals surface area contributed by atoms with Crippen LogP contribution in [0.25, 0.3) is 0 Å². The van der Waals surface area contributed by atoms with Crippen molar-refractivity contribution in [3.05, 3.63) is 46.8 Å². The first kappa shape index (κ1) is 20.0. The minimum atomic E-state index is -1.09. The number of carbonyl (C=O) groups is 2. The first-order valence-electron chi connectivity index (χ1n) is 8.14. The highest BCUT2D eigenvalue weighted by Gasteiger charge is 2.19. The molecule has 1 aromatic heterocycles. The van der Waals surface area contributed by atoms with Crippen LogP contribution in [0.4, 0.5) is 0 Å². The largest absolute Gasteiger partial charge is 0.493 e. The van der Waals surface area contributed by atoms with Crippen LogP contribution in [0.15, 0.2) is 24.3 Å². The second-order valence-corrected chi connectivity index (χ2v) is 5.79. The van der Waals surface area contributed by atoms with Crippen molar-refractivity contribution in [2.75, 3.05) is 21.3 Å². The Bertz CT molecular complexity index is 840. The molecule has 0 aliphatic rings. The Hall–Kier alpha value is -3.29. The van der Waals surface area contributed by atoms with Crippen LogP contribution in [0.1, 0.15) is 45.1 Å². The fraction of sp³-hybridized carbons (Fsp3) is 0.316. The molecule has 2 rings (SSSR count). The maximum absolute atomic E-state index is 12.5. The van der Waals surface area contributed by atoms with Crippen molar-refractivity contribution in [2.24, 2.45) is 0 Å². The number of nitrogens with zero attached hydrogens (tertiary/aromatic N) is 1. The summed E-state index contributed by atoms with van der Waals surface area (Å²) >= 11 is 0. The summed E-state index contributed by atoms with van der Waals surface area (Å²) in [5.74, 6) is -0.0849. The molecule has 0 aliphatic heterocycles. The number of methoxy groups -OCH3 is 3. The molecule has 8 heteroatoms. The Kier molecular flexibility index (Phi) is 6.23. The molecule has 0 spiro atoms. The van der Waals surface area contributed by atoms with Gasteiger partial charge in [-0.2, -0.15) is 0 Å². The van der Waals surface area contributed by atoms with Gasteiger partial charge in [-0.1, -0.05) is 0 Å². The SMILES string of the molecule is COc1cc(C(C)NC(=O)c2ccc(C(=O)O)c(C)n2)cc(OC)c1OC. The predicted octanol–water partition coefficient (Wildman–Crippen LogP) is 2.61. The van der Waals surface area contributed by atoms with Crippen LogP contribution in [0.3, 0.4) is 0 Å². The van der Waals surface area contributed by atoms with Crippen molar-refractivity contribution in [1.29, 1.82) is 0 Å². The molecule has 1 atom stereocenters. The Labute approximate surface area is 157 Å². The van der Waals surface area contributed by atoms with E-state index in [2.05, 4.69) is 10.3 Å². The Balaban J connectivity index is 2.26. The van der Waals surface area contributed by atoms with Gasteiger partial charge in [-0.25, -0.2) is 9.78 Å². The third kappa shape index (κ3) is 4.28. The topological polar surface area (TPSA) is 107 Å². The summed E-state index contributed by atoms with van der Waals surface area (Å²) in [4.78, 5) is 27.6. The highest BCUT2D eigenvalue weighted by molar-refractivity contribution is 5.94. The number of benzene rings is 1. The molecule has 0 aliphatic carbocycles. The van der Waals surface area contributed by atoms with Gasteiger partial charge >= 0.3 is 5.97 Å². The lowest BCUT2D eigenvalue weighted by molar-refractivity contribution is 0.0694. The minimum Gasteiger partial charge on any atom is -0.493 e. The monoisotopic (exact) mass is 374 g/mol. The van der Waals surface area contributed by atoms with Crippen LogP contribution in [-0.4, -0.2) is 43.3 Å². The number of pyridine rings is 1. The molecular weight excluding hydrogens is 352 g/mol. The van der Waals surface area contributed by atoms with Crippen LogP contribution in [-0.2, 0) is 0 Å². The summed E-state index contributed by atoms with van der Waals surface area (Å²) in [5.41, 5.74) is 1.22. The lowest BCUT2D eigenvalue weighted by Crippen LogP contribution is -2.28. The molecule has 2 N–H and O–H groups in total. The highest BCUT2D eigenvalue weighted by atomic mass is 16.5. The van der Waals surface area contributed by atoms with Crippen LogP contribution in [0.5, 0.6) is 17.2 Å². The number of hydrogen-bond donors (Lipinski definition) is 2. The van der Waals surface area contributed by atoms with E-state index in [1.54, 1.807) is 26.0 Å². The van der Waals surface area contributed by atoms with Gasteiger partial charge in [0.25, 0.3) is 5.91 Å². The lowest BCUT2D eigenvalue weighted by atomic mass is 10.1. The Morgan fingerprint density at radius 1 is 1.07 bits per heavy atom. The smallest absolute Gasteiger partial charge is 0.337 e. The van der Waals surface area contributed by atoms with Crippen molar-refractivity contribution in [2.45, 2.75) is 19.9 Å². The van der Waals surface area contributed by atoms with Gasteiger partial charge in [-0.15, -0.1) is 0 Å². The molecule has 144 valence electrons. The zero-order valence-corrected chi connectivity index (χ0v) is 15.8. The number of aromatic carboxylic acids is 1. The van der Waals surface area contributed by atoms with E-state index in [1.807, 2.05) is 0 Å². The molecule has 2 aromatic rings. The van der Waals surface area contributed by atoms with Crippen LogP contribution < -0.4 is 19.5 Å². The first-order valence-corrected chi connectivity index (χ1v) is 8.14. The zero-order valence-electron chi connectivity index (χ0n) is 15.8. The van der Waals surface area contributed by atoms with Gasteiger partial charge in [0.1, 0.15) is 5.69 Å². The molecule has 0 bridgehead atoms. The second kappa shape index (κ2) is 8.39. The summed E-state index contributed by atoms with van der Waals surface area (Å²) in [6.45, 7) is 3.35. The molecule has 1 heterocycles. The van der Waals surface area contributed by atoms with E-state index in [0.29, 0.717) is 17.2 Å². The van der Waals surface area contributed by atoms with E-state index in [1.165, 1.54) is 33.5 Å². The minimum absolute atomic E-state index is 0.0595. The molecule has 0 saturated carbocycles. The molecule has 0 radical (unpaired) electrons. The van der Waals surface area contributed by atoms with Gasteiger partial charge in [0.05, 0.1) is 38.6 Å². The van der Waals surface area contributed by atoms with Crippen molar-refractivity contribution in [3.8, 4) is 17.2 Å². The number of nitrogens with one attached hydrogen (secondary N) is 1. The molecule has 1 unspecified atom stereocenters. The van der Waals surface area contributed by atoms with E-state index in [4.69, 9.17) is 19.3 Å². The van der Waals surface area contributed by atoms with E-state index < -0.39 is 11.9 Å². The van der Waals surface area contributed by atoms with Crippen molar-refractivity contribution >= 4 is 11.9 Å². The second-order valence-electron chi connectivity index (χ2n) is 5.79. The number of amides is 1. The molecule has 0 fully saturated rings. The number of carboxylic acid groups (broad SMARTS) is 1. The van der Waals surface area contributed by atoms with Gasteiger partial charge in [0.15, 0.2) is 11.5 Å². The fourth-order valence-corrected chi connectivity index (χ4v) is 2.62. The third-order valence-electron chi connectivity index (χ3n) is 4.08. The quantitative estimate of drug-likeness (QED) is 0.767.